The van der Waals surface area contributed by atoms with Crippen molar-refractivity contribution in [2.45, 2.75) is 5.88 Å². The van der Waals surface area contributed by atoms with Gasteiger partial charge in [-0.15, -0.1) is 22.9 Å². The van der Waals surface area contributed by atoms with Crippen molar-refractivity contribution >= 4 is 56.5 Å². The molecule has 0 aliphatic heterocycles. The Bertz CT molecular complexity index is 729. The molecule has 2 heterocycles. The fourth-order valence-corrected chi connectivity index (χ4v) is 2.70. The summed E-state index contributed by atoms with van der Waals surface area (Å²) in [5.74, 6) is 0.880. The van der Waals surface area contributed by atoms with E-state index in [4.69, 9.17) is 23.2 Å². The van der Waals surface area contributed by atoms with Crippen LogP contribution in [0.15, 0.2) is 29.6 Å². The lowest BCUT2D eigenvalue weighted by molar-refractivity contribution is 1.21. The zero-order valence-electron chi connectivity index (χ0n) is 9.60. The van der Waals surface area contributed by atoms with Crippen molar-refractivity contribution in [2.24, 2.45) is 0 Å². The predicted octanol–water partition coefficient (Wildman–Crippen LogP) is 4.22. The molecule has 0 spiro atoms. The molecule has 7 heteroatoms. The summed E-state index contributed by atoms with van der Waals surface area (Å²) in [6, 6.07) is 7.56. The Kier molecular flexibility index (Phi) is 3.50. The molecule has 96 valence electrons. The summed E-state index contributed by atoms with van der Waals surface area (Å²) in [5, 5.41) is 5.97. The van der Waals surface area contributed by atoms with Gasteiger partial charge in [-0.25, -0.2) is 15.0 Å². The fourth-order valence-electron chi connectivity index (χ4n) is 1.59. The van der Waals surface area contributed by atoms with Gasteiger partial charge in [0.1, 0.15) is 0 Å². The van der Waals surface area contributed by atoms with E-state index in [0.717, 1.165) is 16.7 Å². The van der Waals surface area contributed by atoms with E-state index in [1.165, 1.54) is 11.3 Å². The molecule has 0 atom stereocenters. The first-order chi connectivity index (χ1) is 9.26. The molecule has 1 N–H and O–H groups in total. The molecule has 3 aromatic rings. The normalized spacial score (nSPS) is 10.8. The third-order valence-electron chi connectivity index (χ3n) is 2.44. The number of para-hydroxylation sites is 2. The molecule has 19 heavy (non-hydrogen) atoms. The van der Waals surface area contributed by atoms with E-state index >= 15 is 0 Å². The van der Waals surface area contributed by atoms with Crippen molar-refractivity contribution < 1.29 is 0 Å². The average Bonchev–Trinajstić information content (AvgIpc) is 2.87. The number of halogens is 2. The number of anilines is 2. The standard InChI is InChI=1S/C12H8Cl2N4S/c13-5-7-6-19-12(15-7)18-11-10(14)16-8-3-1-2-4-9(8)17-11/h1-4,6H,5H2,(H,15,17,18). The Morgan fingerprint density at radius 1 is 1.11 bits per heavy atom. The number of thiazole rings is 1. The zero-order valence-corrected chi connectivity index (χ0v) is 11.9. The highest BCUT2D eigenvalue weighted by Crippen LogP contribution is 2.26. The predicted molar refractivity (Wildman–Crippen MR) is 79.5 cm³/mol. The minimum Gasteiger partial charge on any atom is -0.314 e. The number of alkyl halides is 1. The Morgan fingerprint density at radius 2 is 1.84 bits per heavy atom. The van der Waals surface area contributed by atoms with Crippen LogP contribution in [0.1, 0.15) is 5.69 Å². The minimum absolute atomic E-state index is 0.321. The van der Waals surface area contributed by atoms with Crippen LogP contribution in [0.2, 0.25) is 5.15 Å². The van der Waals surface area contributed by atoms with Crippen molar-refractivity contribution in [1.29, 1.82) is 0 Å². The third kappa shape index (κ3) is 2.63. The Labute approximate surface area is 123 Å². The van der Waals surface area contributed by atoms with Crippen LogP contribution in [-0.2, 0) is 5.88 Å². The SMILES string of the molecule is ClCc1csc(Nc2nc3ccccc3nc2Cl)n1. The first-order valence-corrected chi connectivity index (χ1v) is 7.25. The van der Waals surface area contributed by atoms with Gasteiger partial charge in [-0.1, -0.05) is 23.7 Å². The van der Waals surface area contributed by atoms with E-state index in [1.54, 1.807) is 0 Å². The van der Waals surface area contributed by atoms with Crippen molar-refractivity contribution in [3.63, 3.8) is 0 Å². The van der Waals surface area contributed by atoms with Gasteiger partial charge in [0.05, 0.1) is 22.6 Å². The molecule has 0 unspecified atom stereocenters. The summed E-state index contributed by atoms with van der Waals surface area (Å²) in [4.78, 5) is 13.0. The average molecular weight is 311 g/mol. The lowest BCUT2D eigenvalue weighted by Crippen LogP contribution is -1.97. The number of nitrogens with one attached hydrogen (secondary N) is 1. The smallest absolute Gasteiger partial charge is 0.188 e. The molecule has 0 fully saturated rings. The summed E-state index contributed by atoms with van der Waals surface area (Å²) < 4.78 is 0. The molecule has 0 saturated carbocycles. The van der Waals surface area contributed by atoms with Gasteiger partial charge in [0.25, 0.3) is 0 Å². The minimum atomic E-state index is 0.321. The zero-order chi connectivity index (χ0) is 13.2. The van der Waals surface area contributed by atoms with Gasteiger partial charge in [0, 0.05) is 5.38 Å². The van der Waals surface area contributed by atoms with Crippen LogP contribution in [0.4, 0.5) is 10.9 Å². The van der Waals surface area contributed by atoms with Crippen molar-refractivity contribution in [3.05, 3.63) is 40.5 Å². The van der Waals surface area contributed by atoms with Crippen LogP contribution >= 0.6 is 34.5 Å². The monoisotopic (exact) mass is 310 g/mol. The van der Waals surface area contributed by atoms with Crippen molar-refractivity contribution in [3.8, 4) is 0 Å². The van der Waals surface area contributed by atoms with Gasteiger partial charge in [-0.2, -0.15) is 0 Å². The second kappa shape index (κ2) is 5.28. The Hall–Kier alpha value is -1.43. The molecule has 3 rings (SSSR count). The molecule has 0 saturated heterocycles. The number of hydrogen-bond acceptors (Lipinski definition) is 5. The van der Waals surface area contributed by atoms with Gasteiger partial charge in [0.15, 0.2) is 16.1 Å². The summed E-state index contributed by atoms with van der Waals surface area (Å²) in [5.41, 5.74) is 2.36. The van der Waals surface area contributed by atoms with Gasteiger partial charge < -0.3 is 5.32 Å². The Morgan fingerprint density at radius 3 is 2.53 bits per heavy atom. The van der Waals surface area contributed by atoms with Crippen LogP contribution in [0, 0.1) is 0 Å². The van der Waals surface area contributed by atoms with E-state index in [1.807, 2.05) is 29.6 Å². The number of nitrogens with zero attached hydrogens (tertiary/aromatic N) is 3. The van der Waals surface area contributed by atoms with E-state index in [-0.39, 0.29) is 0 Å². The van der Waals surface area contributed by atoms with E-state index in [9.17, 15) is 0 Å². The molecule has 0 amide bonds. The molecular formula is C12H8Cl2N4S. The van der Waals surface area contributed by atoms with Gasteiger partial charge in [-0.05, 0) is 12.1 Å². The lowest BCUT2D eigenvalue weighted by Gasteiger charge is -2.05. The lowest BCUT2D eigenvalue weighted by atomic mass is 10.3. The van der Waals surface area contributed by atoms with Crippen LogP contribution in [0.25, 0.3) is 11.0 Å². The summed E-state index contributed by atoms with van der Waals surface area (Å²) >= 11 is 13.3. The van der Waals surface area contributed by atoms with Crippen molar-refractivity contribution in [1.82, 2.24) is 15.0 Å². The number of aromatic nitrogens is 3. The number of rotatable bonds is 3. The second-order valence-electron chi connectivity index (χ2n) is 3.75. The van der Waals surface area contributed by atoms with Crippen molar-refractivity contribution in [2.75, 3.05) is 5.32 Å². The maximum atomic E-state index is 6.11. The maximum absolute atomic E-state index is 6.11. The highest BCUT2D eigenvalue weighted by Gasteiger charge is 2.09. The van der Waals surface area contributed by atoms with E-state index in [2.05, 4.69) is 20.3 Å². The molecule has 2 aromatic heterocycles. The highest BCUT2D eigenvalue weighted by atomic mass is 35.5. The summed E-state index contributed by atoms with van der Waals surface area (Å²) in [6.07, 6.45) is 0. The molecule has 0 bridgehead atoms. The van der Waals surface area contributed by atoms with Crippen LogP contribution in [-0.4, -0.2) is 15.0 Å². The highest BCUT2D eigenvalue weighted by molar-refractivity contribution is 7.13. The second-order valence-corrected chi connectivity index (χ2v) is 5.24. The molecule has 0 aliphatic carbocycles. The fraction of sp³-hybridized carbons (Fsp3) is 0.0833. The van der Waals surface area contributed by atoms with E-state index in [0.29, 0.717) is 22.0 Å². The molecule has 0 aliphatic rings. The van der Waals surface area contributed by atoms with Crippen LogP contribution < -0.4 is 5.32 Å². The largest absolute Gasteiger partial charge is 0.314 e. The number of hydrogen-bond donors (Lipinski definition) is 1. The molecular weight excluding hydrogens is 303 g/mol. The maximum Gasteiger partial charge on any atom is 0.188 e. The summed E-state index contributed by atoms with van der Waals surface area (Å²) in [7, 11) is 0. The Balaban J connectivity index is 1.97. The molecule has 4 nitrogen and oxygen atoms in total. The first-order valence-electron chi connectivity index (χ1n) is 5.46. The van der Waals surface area contributed by atoms with Gasteiger partial charge in [0.2, 0.25) is 0 Å². The van der Waals surface area contributed by atoms with Gasteiger partial charge in [-0.3, -0.25) is 0 Å². The van der Waals surface area contributed by atoms with Crippen LogP contribution in [0.3, 0.4) is 0 Å². The molecule has 1 aromatic carbocycles. The van der Waals surface area contributed by atoms with E-state index < -0.39 is 0 Å². The summed E-state index contributed by atoms with van der Waals surface area (Å²) in [6.45, 7) is 0. The first kappa shape index (κ1) is 12.6. The van der Waals surface area contributed by atoms with Crippen LogP contribution in [0.5, 0.6) is 0 Å². The molecule has 0 radical (unpaired) electrons. The topological polar surface area (TPSA) is 50.7 Å². The number of fused-ring (bicyclic) bond motifs is 1. The quantitative estimate of drug-likeness (QED) is 0.736. The van der Waals surface area contributed by atoms with Gasteiger partial charge >= 0.3 is 0 Å². The third-order valence-corrected chi connectivity index (χ3v) is 3.79. The number of benzene rings is 1.